The molecule has 1 aliphatic rings. The molecule has 1 amide bonds. The SMILES string of the molecule is CCOc1ccc(/C(O)=C2\C(=O)C(=O)N(c3nc4cc(F)c(F)cc4s3)C2c2ccc(O)cc2)cc1C. The molecule has 5 rings (SSSR count). The number of carbonyl (C=O) groups excluding carboxylic acids is 2. The number of benzene rings is 3. The van der Waals surface area contributed by atoms with Gasteiger partial charge in [-0.25, -0.2) is 13.8 Å². The Kier molecular flexibility index (Phi) is 6.12. The lowest BCUT2D eigenvalue weighted by atomic mass is 9.95. The zero-order valence-corrected chi connectivity index (χ0v) is 20.5. The Balaban J connectivity index is 1.70. The number of aromatic nitrogens is 1. The Morgan fingerprint density at radius 3 is 2.46 bits per heavy atom. The fourth-order valence-corrected chi connectivity index (χ4v) is 5.28. The Hall–Kier alpha value is -4.31. The maximum Gasteiger partial charge on any atom is 0.301 e. The predicted molar refractivity (Wildman–Crippen MR) is 135 cm³/mol. The van der Waals surface area contributed by atoms with Crippen molar-refractivity contribution < 1.29 is 33.3 Å². The summed E-state index contributed by atoms with van der Waals surface area (Å²) in [6.45, 7) is 4.09. The zero-order chi connectivity index (χ0) is 26.4. The van der Waals surface area contributed by atoms with Crippen LogP contribution in [-0.2, 0) is 9.59 Å². The Labute approximate surface area is 213 Å². The van der Waals surface area contributed by atoms with Crippen molar-refractivity contribution in [1.29, 1.82) is 0 Å². The van der Waals surface area contributed by atoms with Gasteiger partial charge in [0.25, 0.3) is 5.78 Å². The second-order valence-electron chi connectivity index (χ2n) is 8.40. The number of aromatic hydroxyl groups is 1. The number of thiazole rings is 1. The summed E-state index contributed by atoms with van der Waals surface area (Å²) in [5.41, 5.74) is 1.37. The van der Waals surface area contributed by atoms with Crippen LogP contribution in [0, 0.1) is 18.6 Å². The zero-order valence-electron chi connectivity index (χ0n) is 19.7. The number of ketones is 1. The summed E-state index contributed by atoms with van der Waals surface area (Å²) in [7, 11) is 0. The van der Waals surface area contributed by atoms with Crippen molar-refractivity contribution in [2.24, 2.45) is 0 Å². The van der Waals surface area contributed by atoms with Crippen LogP contribution in [0.2, 0.25) is 0 Å². The van der Waals surface area contributed by atoms with Crippen molar-refractivity contribution >= 4 is 44.1 Å². The van der Waals surface area contributed by atoms with Gasteiger partial charge in [0.1, 0.15) is 17.3 Å². The van der Waals surface area contributed by atoms with E-state index in [1.165, 1.54) is 24.3 Å². The number of ether oxygens (including phenoxy) is 1. The summed E-state index contributed by atoms with van der Waals surface area (Å²) in [5, 5.41) is 21.1. The number of amides is 1. The molecule has 1 atom stereocenters. The minimum absolute atomic E-state index is 0.0297. The molecule has 3 aromatic carbocycles. The number of phenolic OH excluding ortho intramolecular Hbond substituents is 1. The number of aliphatic hydroxyl groups is 1. The largest absolute Gasteiger partial charge is 0.508 e. The number of aliphatic hydroxyl groups excluding tert-OH is 1. The molecule has 1 aliphatic heterocycles. The molecule has 4 aromatic rings. The molecule has 10 heteroatoms. The van der Waals surface area contributed by atoms with E-state index >= 15 is 0 Å². The molecule has 0 saturated carbocycles. The first-order valence-corrected chi connectivity index (χ1v) is 12.1. The maximum atomic E-state index is 13.8. The van der Waals surface area contributed by atoms with Crippen molar-refractivity contribution in [2.45, 2.75) is 19.9 Å². The van der Waals surface area contributed by atoms with E-state index in [9.17, 15) is 28.6 Å². The van der Waals surface area contributed by atoms with Crippen LogP contribution in [-0.4, -0.2) is 33.5 Å². The second kappa shape index (κ2) is 9.29. The standard InChI is InChI=1S/C27H20F2N2O5S/c1-3-36-20-9-6-15(10-13(20)2)24(33)22-23(14-4-7-16(32)8-5-14)31(26(35)25(22)34)27-30-19-11-17(28)18(29)12-21(19)37-27/h4-12,23,32-33H,3H2,1-2H3/b24-22+. The highest BCUT2D eigenvalue weighted by Crippen LogP contribution is 2.45. The molecule has 37 heavy (non-hydrogen) atoms. The van der Waals surface area contributed by atoms with Crippen LogP contribution in [0.3, 0.4) is 0 Å². The topological polar surface area (TPSA) is 100.0 Å². The lowest BCUT2D eigenvalue weighted by Crippen LogP contribution is -2.29. The van der Waals surface area contributed by atoms with E-state index in [0.29, 0.717) is 23.5 Å². The van der Waals surface area contributed by atoms with Gasteiger partial charge in [-0.2, -0.15) is 0 Å². The fraction of sp³-hybridized carbons (Fsp3) is 0.148. The molecular weight excluding hydrogens is 502 g/mol. The number of hydrogen-bond acceptors (Lipinski definition) is 7. The average Bonchev–Trinajstić information content (AvgIpc) is 3.38. The van der Waals surface area contributed by atoms with Crippen molar-refractivity contribution in [3.05, 3.63) is 88.5 Å². The summed E-state index contributed by atoms with van der Waals surface area (Å²) < 4.78 is 33.4. The third-order valence-electron chi connectivity index (χ3n) is 6.03. The minimum Gasteiger partial charge on any atom is -0.508 e. The smallest absolute Gasteiger partial charge is 0.301 e. The van der Waals surface area contributed by atoms with E-state index in [1.807, 2.05) is 6.92 Å². The van der Waals surface area contributed by atoms with Crippen molar-refractivity contribution in [1.82, 2.24) is 4.98 Å². The summed E-state index contributed by atoms with van der Waals surface area (Å²) >= 11 is 0.909. The fourth-order valence-electron chi connectivity index (χ4n) is 4.29. The summed E-state index contributed by atoms with van der Waals surface area (Å²) in [4.78, 5) is 32.0. The normalized spacial score (nSPS) is 17.1. The number of phenols is 1. The first-order valence-electron chi connectivity index (χ1n) is 11.3. The highest BCUT2D eigenvalue weighted by atomic mass is 32.1. The van der Waals surface area contributed by atoms with Crippen LogP contribution in [0.15, 0.2) is 60.2 Å². The van der Waals surface area contributed by atoms with Gasteiger partial charge in [0.05, 0.1) is 28.4 Å². The number of fused-ring (bicyclic) bond motifs is 1. The predicted octanol–water partition coefficient (Wildman–Crippen LogP) is 5.61. The van der Waals surface area contributed by atoms with Crippen molar-refractivity contribution in [3.63, 3.8) is 0 Å². The summed E-state index contributed by atoms with van der Waals surface area (Å²) in [5.74, 6) is -3.88. The van der Waals surface area contributed by atoms with Crippen LogP contribution < -0.4 is 9.64 Å². The molecule has 0 spiro atoms. The van der Waals surface area contributed by atoms with Gasteiger partial charge >= 0.3 is 5.91 Å². The van der Waals surface area contributed by atoms with Gasteiger partial charge in [0.15, 0.2) is 16.8 Å². The lowest BCUT2D eigenvalue weighted by Gasteiger charge is -2.23. The number of carbonyl (C=O) groups is 2. The van der Waals surface area contributed by atoms with Crippen LogP contribution in [0.5, 0.6) is 11.5 Å². The van der Waals surface area contributed by atoms with Gasteiger partial charge in [-0.1, -0.05) is 23.5 Å². The van der Waals surface area contributed by atoms with E-state index < -0.39 is 35.1 Å². The molecule has 0 radical (unpaired) electrons. The van der Waals surface area contributed by atoms with Crippen LogP contribution in [0.4, 0.5) is 13.9 Å². The Bertz CT molecular complexity index is 1560. The molecule has 1 saturated heterocycles. The highest BCUT2D eigenvalue weighted by molar-refractivity contribution is 7.22. The van der Waals surface area contributed by atoms with E-state index in [2.05, 4.69) is 4.98 Å². The molecule has 0 bridgehead atoms. The van der Waals surface area contributed by atoms with E-state index in [1.54, 1.807) is 25.1 Å². The number of aryl methyl sites for hydroxylation is 1. The van der Waals surface area contributed by atoms with Gasteiger partial charge in [0.2, 0.25) is 0 Å². The van der Waals surface area contributed by atoms with Crippen LogP contribution in [0.25, 0.3) is 16.0 Å². The van der Waals surface area contributed by atoms with E-state index in [-0.39, 0.29) is 26.7 Å². The summed E-state index contributed by atoms with van der Waals surface area (Å²) in [6, 6.07) is 11.5. The average molecular weight is 523 g/mol. The van der Waals surface area contributed by atoms with Gasteiger partial charge in [-0.15, -0.1) is 0 Å². The molecule has 2 N–H and O–H groups in total. The molecule has 188 valence electrons. The Morgan fingerprint density at radius 2 is 1.78 bits per heavy atom. The van der Waals surface area contributed by atoms with Crippen LogP contribution in [0.1, 0.15) is 29.7 Å². The number of Topliss-reactive ketones (excluding diaryl/α,β-unsaturated/α-hetero) is 1. The first-order chi connectivity index (χ1) is 17.7. The quantitative estimate of drug-likeness (QED) is 0.201. The first kappa shape index (κ1) is 24.4. The number of rotatable bonds is 5. The van der Waals surface area contributed by atoms with Crippen LogP contribution >= 0.6 is 11.3 Å². The number of anilines is 1. The molecule has 0 aliphatic carbocycles. The molecule has 1 unspecified atom stereocenters. The van der Waals surface area contributed by atoms with E-state index in [0.717, 1.165) is 33.9 Å². The van der Waals surface area contributed by atoms with Crippen molar-refractivity contribution in [2.75, 3.05) is 11.5 Å². The monoisotopic (exact) mass is 522 g/mol. The number of nitrogens with zero attached hydrogens (tertiary/aromatic N) is 2. The van der Waals surface area contributed by atoms with Gasteiger partial charge in [-0.05, 0) is 61.4 Å². The minimum atomic E-state index is -1.11. The third kappa shape index (κ3) is 4.19. The van der Waals surface area contributed by atoms with Crippen molar-refractivity contribution in [3.8, 4) is 11.5 Å². The molecule has 1 fully saturated rings. The molecule has 7 nitrogen and oxygen atoms in total. The van der Waals surface area contributed by atoms with Gasteiger partial charge < -0.3 is 14.9 Å². The Morgan fingerprint density at radius 1 is 1.08 bits per heavy atom. The maximum absolute atomic E-state index is 13.8. The molecular formula is C27H20F2N2O5S. The van der Waals surface area contributed by atoms with Gasteiger partial charge in [0, 0.05) is 11.6 Å². The van der Waals surface area contributed by atoms with E-state index in [4.69, 9.17) is 4.74 Å². The highest BCUT2D eigenvalue weighted by Gasteiger charge is 2.48. The second-order valence-corrected chi connectivity index (χ2v) is 9.41. The molecule has 2 heterocycles. The lowest BCUT2D eigenvalue weighted by molar-refractivity contribution is -0.132. The summed E-state index contributed by atoms with van der Waals surface area (Å²) in [6.07, 6.45) is 0. The molecule has 1 aromatic heterocycles. The van der Waals surface area contributed by atoms with Gasteiger partial charge in [-0.3, -0.25) is 14.5 Å². The number of hydrogen-bond donors (Lipinski definition) is 2. The third-order valence-corrected chi connectivity index (χ3v) is 7.04. The number of halogens is 2.